The average molecular weight is 525 g/mol. The summed E-state index contributed by atoms with van der Waals surface area (Å²) in [7, 11) is 0. The Morgan fingerprint density at radius 2 is 1.76 bits per heavy atom. The minimum Gasteiger partial charge on any atom is -0.470 e. The number of carbonyl (C=O) groups excluding carboxylic acids is 1. The second-order valence-electron chi connectivity index (χ2n) is 7.07. The van der Waals surface area contributed by atoms with E-state index in [0.717, 1.165) is 11.3 Å². The van der Waals surface area contributed by atoms with Gasteiger partial charge in [0, 0.05) is 38.6 Å². The lowest BCUT2D eigenvalue weighted by molar-refractivity contribution is 0.101. The summed E-state index contributed by atoms with van der Waals surface area (Å²) in [6.45, 7) is 2.32. The number of anilines is 1. The molecule has 1 N–H and O–H groups in total. The van der Waals surface area contributed by atoms with Crippen LogP contribution in [0.4, 0.5) is 5.82 Å². The largest absolute Gasteiger partial charge is 0.470 e. The van der Waals surface area contributed by atoms with Crippen LogP contribution in [0, 0.1) is 6.92 Å². The smallest absolute Gasteiger partial charge is 0.277 e. The summed E-state index contributed by atoms with van der Waals surface area (Å²) in [6, 6.07) is 13.6. The molecule has 0 aliphatic rings. The highest BCUT2D eigenvalue weighted by atomic mass is 35.5. The molecular formula is C22H17Cl4N5O2. The van der Waals surface area contributed by atoms with E-state index in [4.69, 9.17) is 51.1 Å². The normalized spacial score (nSPS) is 10.9. The Hall–Kier alpha value is -2.71. The Morgan fingerprint density at radius 1 is 1.00 bits per heavy atom. The zero-order valence-electron chi connectivity index (χ0n) is 17.2. The van der Waals surface area contributed by atoms with E-state index >= 15 is 0 Å². The fourth-order valence-corrected chi connectivity index (χ4v) is 4.01. The molecule has 0 fully saturated rings. The molecule has 0 spiro atoms. The number of hydrogen-bond acceptors (Lipinski definition) is 4. The van der Waals surface area contributed by atoms with Gasteiger partial charge in [-0.2, -0.15) is 10.2 Å². The molecule has 170 valence electrons. The van der Waals surface area contributed by atoms with Crippen molar-refractivity contribution in [1.29, 1.82) is 0 Å². The van der Waals surface area contributed by atoms with Crippen molar-refractivity contribution in [2.45, 2.75) is 20.2 Å². The molecule has 0 radical (unpaired) electrons. The first kappa shape index (κ1) is 23.4. The molecule has 7 nitrogen and oxygen atoms in total. The molecule has 2 heterocycles. The third-order valence-electron chi connectivity index (χ3n) is 4.71. The van der Waals surface area contributed by atoms with Crippen LogP contribution in [0.2, 0.25) is 20.1 Å². The van der Waals surface area contributed by atoms with Crippen molar-refractivity contribution in [2.24, 2.45) is 0 Å². The van der Waals surface area contributed by atoms with Crippen LogP contribution in [0.5, 0.6) is 5.75 Å². The molecule has 4 aromatic rings. The molecule has 0 saturated carbocycles. The summed E-state index contributed by atoms with van der Waals surface area (Å²) in [5, 5.41) is 13.4. The number of halogens is 4. The second-order valence-corrected chi connectivity index (χ2v) is 8.73. The maximum atomic E-state index is 12.6. The zero-order chi connectivity index (χ0) is 23.5. The second kappa shape index (κ2) is 10.1. The number of nitrogens with one attached hydrogen (secondary N) is 1. The third kappa shape index (κ3) is 5.62. The minimum atomic E-state index is -0.404. The van der Waals surface area contributed by atoms with E-state index in [-0.39, 0.29) is 12.4 Å². The molecule has 0 aliphatic heterocycles. The first-order valence-corrected chi connectivity index (χ1v) is 11.2. The maximum Gasteiger partial charge on any atom is 0.277 e. The van der Waals surface area contributed by atoms with Crippen LogP contribution in [-0.4, -0.2) is 25.5 Å². The van der Waals surface area contributed by atoms with Crippen molar-refractivity contribution < 1.29 is 9.53 Å². The van der Waals surface area contributed by atoms with Crippen LogP contribution < -0.4 is 10.1 Å². The highest BCUT2D eigenvalue weighted by Crippen LogP contribution is 2.28. The van der Waals surface area contributed by atoms with E-state index in [9.17, 15) is 4.79 Å². The molecule has 4 rings (SSSR count). The third-order valence-corrected chi connectivity index (χ3v) is 5.95. The molecule has 1 amide bonds. The first-order chi connectivity index (χ1) is 15.8. The number of ether oxygens (including phenoxy) is 1. The van der Waals surface area contributed by atoms with Crippen molar-refractivity contribution in [3.63, 3.8) is 0 Å². The van der Waals surface area contributed by atoms with Crippen LogP contribution >= 0.6 is 46.4 Å². The van der Waals surface area contributed by atoms with Gasteiger partial charge in [-0.3, -0.25) is 9.48 Å². The average Bonchev–Trinajstić information content (AvgIpc) is 3.37. The Bertz CT molecular complexity index is 1300. The number of aryl methyl sites for hydroxylation is 1. The van der Waals surface area contributed by atoms with E-state index in [2.05, 4.69) is 15.5 Å². The highest BCUT2D eigenvalue weighted by Gasteiger charge is 2.15. The topological polar surface area (TPSA) is 74.0 Å². The van der Waals surface area contributed by atoms with Gasteiger partial charge in [-0.1, -0.05) is 52.5 Å². The van der Waals surface area contributed by atoms with Crippen molar-refractivity contribution in [3.05, 3.63) is 91.8 Å². The standard InChI is InChI=1S/C22H17Cl4N5O2/c1-13-9-21(29-31(13)11-15-16(24)3-2-4-17(15)25)27-22(32)19-7-8-30(28-19)12-33-20-6-5-14(23)10-18(20)26/h2-10H,11-12H2,1H3,(H,27,29,32). The van der Waals surface area contributed by atoms with E-state index in [1.54, 1.807) is 59.4 Å². The van der Waals surface area contributed by atoms with Gasteiger partial charge in [0.05, 0.1) is 11.6 Å². The maximum absolute atomic E-state index is 12.6. The van der Waals surface area contributed by atoms with Crippen molar-refractivity contribution >= 4 is 58.1 Å². The monoisotopic (exact) mass is 523 g/mol. The van der Waals surface area contributed by atoms with Gasteiger partial charge in [0.25, 0.3) is 5.91 Å². The molecule has 2 aromatic heterocycles. The van der Waals surface area contributed by atoms with E-state index in [1.807, 2.05) is 6.92 Å². The van der Waals surface area contributed by atoms with Gasteiger partial charge in [-0.05, 0) is 43.3 Å². The molecule has 2 aromatic carbocycles. The van der Waals surface area contributed by atoms with Gasteiger partial charge in [-0.25, -0.2) is 4.68 Å². The molecule has 0 unspecified atom stereocenters. The highest BCUT2D eigenvalue weighted by molar-refractivity contribution is 6.36. The Morgan fingerprint density at radius 3 is 2.48 bits per heavy atom. The van der Waals surface area contributed by atoms with Crippen molar-refractivity contribution in [3.8, 4) is 5.75 Å². The summed E-state index contributed by atoms with van der Waals surface area (Å²) in [6.07, 6.45) is 1.63. The summed E-state index contributed by atoms with van der Waals surface area (Å²) in [5.41, 5.74) is 1.80. The Balaban J connectivity index is 1.40. The van der Waals surface area contributed by atoms with Crippen LogP contribution in [0.25, 0.3) is 0 Å². The summed E-state index contributed by atoms with van der Waals surface area (Å²) in [4.78, 5) is 12.6. The number of carbonyl (C=O) groups is 1. The van der Waals surface area contributed by atoms with E-state index in [0.29, 0.717) is 38.2 Å². The fraction of sp³-hybridized carbons (Fsp3) is 0.136. The molecule has 0 aliphatic carbocycles. The van der Waals surface area contributed by atoms with Crippen LogP contribution in [-0.2, 0) is 13.3 Å². The van der Waals surface area contributed by atoms with Crippen molar-refractivity contribution in [2.75, 3.05) is 5.32 Å². The predicted octanol–water partition coefficient (Wildman–Crippen LogP) is 6.34. The van der Waals surface area contributed by atoms with Gasteiger partial charge in [0.1, 0.15) is 5.75 Å². The molecule has 0 atom stereocenters. The minimum absolute atomic E-state index is 0.0704. The summed E-state index contributed by atoms with van der Waals surface area (Å²) >= 11 is 24.5. The SMILES string of the molecule is Cc1cc(NC(=O)c2ccn(COc3ccc(Cl)cc3Cl)n2)nn1Cc1c(Cl)cccc1Cl. The lowest BCUT2D eigenvalue weighted by atomic mass is 10.2. The van der Waals surface area contributed by atoms with E-state index in [1.165, 1.54) is 4.68 Å². The number of amides is 1. The van der Waals surface area contributed by atoms with Crippen molar-refractivity contribution in [1.82, 2.24) is 19.6 Å². The van der Waals surface area contributed by atoms with Gasteiger partial charge in [0.2, 0.25) is 0 Å². The Labute approximate surface area is 209 Å². The quantitative estimate of drug-likeness (QED) is 0.306. The van der Waals surface area contributed by atoms with Gasteiger partial charge in [0.15, 0.2) is 18.2 Å². The summed E-state index contributed by atoms with van der Waals surface area (Å²) in [5.74, 6) is 0.445. The summed E-state index contributed by atoms with van der Waals surface area (Å²) < 4.78 is 8.81. The number of nitrogens with zero attached hydrogens (tertiary/aromatic N) is 4. The zero-order valence-corrected chi connectivity index (χ0v) is 20.3. The first-order valence-electron chi connectivity index (χ1n) is 9.70. The molecule has 0 bridgehead atoms. The Kier molecular flexibility index (Phi) is 7.14. The number of aromatic nitrogens is 4. The van der Waals surface area contributed by atoms with Crippen LogP contribution in [0.3, 0.4) is 0 Å². The van der Waals surface area contributed by atoms with Gasteiger partial charge in [-0.15, -0.1) is 0 Å². The van der Waals surface area contributed by atoms with Gasteiger partial charge >= 0.3 is 0 Å². The van der Waals surface area contributed by atoms with Crippen LogP contribution in [0.15, 0.2) is 54.7 Å². The fourth-order valence-electron chi connectivity index (χ4n) is 3.03. The van der Waals surface area contributed by atoms with Gasteiger partial charge < -0.3 is 10.1 Å². The molecule has 33 heavy (non-hydrogen) atoms. The number of benzene rings is 2. The molecule has 11 heteroatoms. The lowest BCUT2D eigenvalue weighted by Gasteiger charge is -2.08. The molecular weight excluding hydrogens is 508 g/mol. The predicted molar refractivity (Wildman–Crippen MR) is 130 cm³/mol. The number of hydrogen-bond donors (Lipinski definition) is 1. The lowest BCUT2D eigenvalue weighted by Crippen LogP contribution is -2.15. The van der Waals surface area contributed by atoms with E-state index < -0.39 is 5.91 Å². The number of rotatable bonds is 7. The van der Waals surface area contributed by atoms with Crippen LogP contribution in [0.1, 0.15) is 21.7 Å². The molecule has 0 saturated heterocycles.